The van der Waals surface area contributed by atoms with Crippen molar-refractivity contribution < 1.29 is 49.4 Å². The Kier molecular flexibility index (Phi) is 23.5. The minimum atomic E-state index is -1.61. The molecule has 14 nitrogen and oxygen atoms in total. The number of rotatable bonds is 29. The van der Waals surface area contributed by atoms with Crippen LogP contribution in [0.2, 0.25) is 0 Å². The van der Waals surface area contributed by atoms with E-state index >= 15 is 0 Å². The number of allylic oxidation sites excluding steroid dienone is 3. The molecule has 0 aromatic heterocycles. The van der Waals surface area contributed by atoms with Crippen LogP contribution in [0.15, 0.2) is 24.3 Å². The van der Waals surface area contributed by atoms with Crippen LogP contribution in [-0.2, 0) is 19.1 Å². The first-order valence-corrected chi connectivity index (χ1v) is 21.9. The van der Waals surface area contributed by atoms with Gasteiger partial charge in [0.25, 0.3) is 0 Å². The average molecular weight is 799 g/mol. The van der Waals surface area contributed by atoms with Gasteiger partial charge in [0, 0.05) is 30.4 Å². The van der Waals surface area contributed by atoms with Gasteiger partial charge >= 0.3 is 6.03 Å². The van der Waals surface area contributed by atoms with E-state index in [1.807, 2.05) is 17.8 Å². The van der Waals surface area contributed by atoms with Crippen molar-refractivity contribution in [3.63, 3.8) is 0 Å². The van der Waals surface area contributed by atoms with Gasteiger partial charge in [-0.1, -0.05) is 82.6 Å². The Morgan fingerprint density at radius 1 is 0.873 bits per heavy atom. The number of hydrogen-bond acceptors (Lipinski definition) is 11. The number of thioether (sulfide) groups is 1. The van der Waals surface area contributed by atoms with Crippen molar-refractivity contribution in [1.82, 2.24) is 21.3 Å². The van der Waals surface area contributed by atoms with E-state index < -0.39 is 49.5 Å². The number of fused-ring (bicyclic) bond motifs is 1. The summed E-state index contributed by atoms with van der Waals surface area (Å²) in [6.45, 7) is 1.88. The van der Waals surface area contributed by atoms with E-state index in [4.69, 9.17) is 9.47 Å². The zero-order valence-electron chi connectivity index (χ0n) is 32.8. The van der Waals surface area contributed by atoms with Gasteiger partial charge in [-0.15, -0.1) is 0 Å². The van der Waals surface area contributed by atoms with Gasteiger partial charge < -0.3 is 56.3 Å². The predicted octanol–water partition coefficient (Wildman–Crippen LogP) is 3.08. The summed E-state index contributed by atoms with van der Waals surface area (Å²) in [5, 5.41) is 63.2. The number of amides is 4. The monoisotopic (exact) mass is 798 g/mol. The highest BCUT2D eigenvalue weighted by Crippen LogP contribution is 2.33. The molecule has 55 heavy (non-hydrogen) atoms. The molecule has 3 saturated heterocycles. The Morgan fingerprint density at radius 2 is 1.56 bits per heavy atom. The molecule has 9 N–H and O–H groups in total. The van der Waals surface area contributed by atoms with Crippen molar-refractivity contribution in [2.75, 3.05) is 25.5 Å². The quantitative estimate of drug-likeness (QED) is 0.0304. The molecule has 3 heterocycles. The molecule has 0 aromatic carbocycles. The molecular formula is C40H70N4O10S. The highest BCUT2D eigenvalue weighted by Gasteiger charge is 2.45. The van der Waals surface area contributed by atoms with E-state index in [1.165, 1.54) is 44.9 Å². The second-order valence-corrected chi connectivity index (χ2v) is 16.4. The summed E-state index contributed by atoms with van der Waals surface area (Å²) in [7, 11) is 0. The SMILES string of the molecule is CCCCCCCCC/C=C/CC/C=C/[C@@H](O)[C@H](CO[C@@H]1O[C@H](CO)[C@@H](O)[C@H](O)[C@H]1O)NC(=O)CCCCCNC(=O)CCCC[C@@H]1SC[C@@H]2NC(=O)N[C@@H]21. The zero-order valence-corrected chi connectivity index (χ0v) is 33.6. The number of aliphatic hydroxyl groups excluding tert-OH is 5. The van der Waals surface area contributed by atoms with E-state index in [2.05, 4.69) is 40.3 Å². The third kappa shape index (κ3) is 17.8. The molecule has 0 bridgehead atoms. The summed E-state index contributed by atoms with van der Waals surface area (Å²) in [6.07, 6.45) is 16.3. The van der Waals surface area contributed by atoms with E-state index in [9.17, 15) is 39.9 Å². The fraction of sp³-hybridized carbons (Fsp3) is 0.825. The van der Waals surface area contributed by atoms with Gasteiger partial charge in [-0.05, 0) is 51.4 Å². The zero-order chi connectivity index (χ0) is 39.8. The number of aliphatic hydroxyl groups is 5. The number of carbonyl (C=O) groups excluding carboxylic acids is 3. The maximum Gasteiger partial charge on any atom is 0.315 e. The third-order valence-corrected chi connectivity index (χ3v) is 12.0. The van der Waals surface area contributed by atoms with Gasteiger partial charge in [-0.2, -0.15) is 11.8 Å². The second-order valence-electron chi connectivity index (χ2n) is 15.1. The summed E-state index contributed by atoms with van der Waals surface area (Å²) in [4.78, 5) is 36.8. The average Bonchev–Trinajstić information content (AvgIpc) is 3.73. The lowest BCUT2D eigenvalue weighted by Gasteiger charge is -2.40. The Morgan fingerprint density at radius 3 is 2.35 bits per heavy atom. The van der Waals surface area contributed by atoms with Crippen LogP contribution in [0.3, 0.4) is 0 Å². The molecule has 0 spiro atoms. The van der Waals surface area contributed by atoms with E-state index in [-0.39, 0.29) is 43.0 Å². The molecule has 3 aliphatic rings. The summed E-state index contributed by atoms with van der Waals surface area (Å²) in [6, 6.07) is -0.601. The molecule has 10 atom stereocenters. The van der Waals surface area contributed by atoms with Crippen LogP contribution in [-0.4, -0.2) is 129 Å². The predicted molar refractivity (Wildman–Crippen MR) is 213 cm³/mol. The minimum absolute atomic E-state index is 0.00864. The lowest BCUT2D eigenvalue weighted by atomic mass is 9.99. The van der Waals surface area contributed by atoms with Gasteiger partial charge in [-0.3, -0.25) is 9.59 Å². The first kappa shape index (κ1) is 47.1. The lowest BCUT2D eigenvalue weighted by Crippen LogP contribution is -2.60. The smallest absolute Gasteiger partial charge is 0.315 e. The van der Waals surface area contributed by atoms with Crippen molar-refractivity contribution in [1.29, 1.82) is 0 Å². The second kappa shape index (κ2) is 27.4. The molecule has 3 aliphatic heterocycles. The Bertz CT molecular complexity index is 1160. The van der Waals surface area contributed by atoms with Gasteiger partial charge in [0.1, 0.15) is 24.4 Å². The maximum atomic E-state index is 12.9. The largest absolute Gasteiger partial charge is 0.394 e. The number of ether oxygens (including phenoxy) is 2. The fourth-order valence-electron chi connectivity index (χ4n) is 7.10. The normalized spacial score (nSPS) is 27.6. The topological polar surface area (TPSA) is 219 Å². The first-order valence-electron chi connectivity index (χ1n) is 20.8. The van der Waals surface area contributed by atoms with Crippen LogP contribution in [0.1, 0.15) is 122 Å². The fourth-order valence-corrected chi connectivity index (χ4v) is 8.65. The molecule has 3 rings (SSSR count). The maximum absolute atomic E-state index is 12.9. The molecule has 3 fully saturated rings. The Hall–Kier alpha value is -2.24. The van der Waals surface area contributed by atoms with E-state index in [1.54, 1.807) is 6.08 Å². The Labute approximate surface area is 332 Å². The van der Waals surface area contributed by atoms with Gasteiger partial charge in [-0.25, -0.2) is 4.79 Å². The molecule has 316 valence electrons. The summed E-state index contributed by atoms with van der Waals surface area (Å²) in [5.74, 6) is 0.634. The van der Waals surface area contributed by atoms with Crippen LogP contribution in [0, 0.1) is 0 Å². The molecular weight excluding hydrogens is 729 g/mol. The van der Waals surface area contributed by atoms with E-state index in [0.29, 0.717) is 31.1 Å². The van der Waals surface area contributed by atoms with Crippen molar-refractivity contribution >= 4 is 29.6 Å². The van der Waals surface area contributed by atoms with Gasteiger partial charge in [0.2, 0.25) is 11.8 Å². The summed E-state index contributed by atoms with van der Waals surface area (Å²) in [5.41, 5.74) is 0. The molecule has 0 aliphatic carbocycles. The highest BCUT2D eigenvalue weighted by molar-refractivity contribution is 8.00. The van der Waals surface area contributed by atoms with Crippen molar-refractivity contribution in [3.05, 3.63) is 24.3 Å². The molecule has 0 aromatic rings. The molecule has 15 heteroatoms. The van der Waals surface area contributed by atoms with Crippen LogP contribution in [0.5, 0.6) is 0 Å². The first-order chi connectivity index (χ1) is 26.6. The Balaban J connectivity index is 1.33. The highest BCUT2D eigenvalue weighted by atomic mass is 32.2. The third-order valence-electron chi connectivity index (χ3n) is 10.5. The summed E-state index contributed by atoms with van der Waals surface area (Å²) < 4.78 is 11.1. The molecule has 0 unspecified atom stereocenters. The van der Waals surface area contributed by atoms with Crippen molar-refractivity contribution in [2.45, 2.75) is 183 Å². The number of nitrogens with one attached hydrogen (secondary N) is 4. The standard InChI is InChI=1S/C40H70N4O10S/c1-2-3-4-5-6-7-8-9-10-11-12-13-15-20-30(46)28(26-53-39-38(51)37(50)36(49)31(25-45)54-39)42-34(48)23-16-14-19-24-41-33(47)22-18-17-21-32-35-29(27-55-32)43-40(52)44-35/h10-11,15,20,28-32,35-39,45-46,49-51H,2-9,12-14,16-19,21-27H2,1H3,(H,41,47)(H,42,48)(H2,43,44,52)/b11-10+,20-15+/t28-,29-,30+,31+,32-,35-,36+,37-,38+,39+/m0/s1. The van der Waals surface area contributed by atoms with Crippen LogP contribution < -0.4 is 21.3 Å². The molecule has 0 radical (unpaired) electrons. The number of hydrogen-bond donors (Lipinski definition) is 9. The number of unbranched alkanes of at least 4 members (excludes halogenated alkanes) is 11. The van der Waals surface area contributed by atoms with Crippen LogP contribution in [0.4, 0.5) is 4.79 Å². The van der Waals surface area contributed by atoms with E-state index in [0.717, 1.165) is 50.7 Å². The minimum Gasteiger partial charge on any atom is -0.394 e. The van der Waals surface area contributed by atoms with Crippen molar-refractivity contribution in [3.8, 4) is 0 Å². The van der Waals surface area contributed by atoms with Crippen LogP contribution >= 0.6 is 11.8 Å². The molecule has 0 saturated carbocycles. The number of carbonyl (C=O) groups is 3. The van der Waals surface area contributed by atoms with Crippen molar-refractivity contribution in [2.24, 2.45) is 0 Å². The van der Waals surface area contributed by atoms with Gasteiger partial charge in [0.05, 0.1) is 37.4 Å². The molecule has 4 amide bonds. The summed E-state index contributed by atoms with van der Waals surface area (Å²) >= 11 is 1.87. The lowest BCUT2D eigenvalue weighted by molar-refractivity contribution is -0.302. The van der Waals surface area contributed by atoms with Gasteiger partial charge in [0.15, 0.2) is 6.29 Å². The number of urea groups is 1. The van der Waals surface area contributed by atoms with Crippen LogP contribution in [0.25, 0.3) is 0 Å².